The van der Waals surface area contributed by atoms with Crippen molar-refractivity contribution in [2.75, 3.05) is 13.2 Å². The molecule has 1 unspecified atom stereocenters. The van der Waals surface area contributed by atoms with Crippen LogP contribution in [0.15, 0.2) is 24.3 Å². The minimum atomic E-state index is 0.223. The Kier molecular flexibility index (Phi) is 5.86. The van der Waals surface area contributed by atoms with Gasteiger partial charge in [0.15, 0.2) is 0 Å². The molecule has 0 amide bonds. The van der Waals surface area contributed by atoms with E-state index in [1.165, 1.54) is 24.0 Å². The van der Waals surface area contributed by atoms with E-state index in [4.69, 9.17) is 0 Å². The van der Waals surface area contributed by atoms with Crippen molar-refractivity contribution in [1.29, 1.82) is 0 Å². The van der Waals surface area contributed by atoms with Gasteiger partial charge in [-0.25, -0.2) is 0 Å². The summed E-state index contributed by atoms with van der Waals surface area (Å²) in [7, 11) is 2.06. The van der Waals surface area contributed by atoms with E-state index in [1.54, 1.807) is 0 Å². The molecule has 5 heteroatoms. The molecule has 0 spiro atoms. The minimum Gasteiger partial charge on any atom is -0.396 e. The van der Waals surface area contributed by atoms with Crippen molar-refractivity contribution < 1.29 is 5.11 Å². The Morgan fingerprint density at radius 1 is 1.28 bits per heavy atom. The molecule has 1 N–H and O–H groups in total. The molecule has 0 bridgehead atoms. The highest BCUT2D eigenvalue weighted by atomic mass is 16.3. The van der Waals surface area contributed by atoms with Crippen molar-refractivity contribution in [2.45, 2.75) is 58.0 Å². The Balaban J connectivity index is 1.86. The SMILES string of the molecule is CC(C)c1nnc(CN(CCCO)C2CCCc3ccccc32)n1C. The third kappa shape index (κ3) is 3.93. The van der Waals surface area contributed by atoms with Crippen LogP contribution in [0.3, 0.4) is 0 Å². The van der Waals surface area contributed by atoms with Crippen molar-refractivity contribution in [3.8, 4) is 0 Å². The number of nitrogens with zero attached hydrogens (tertiary/aromatic N) is 4. The highest BCUT2D eigenvalue weighted by molar-refractivity contribution is 5.32. The van der Waals surface area contributed by atoms with Crippen LogP contribution in [0.4, 0.5) is 0 Å². The van der Waals surface area contributed by atoms with Gasteiger partial charge in [-0.3, -0.25) is 4.90 Å². The zero-order valence-corrected chi connectivity index (χ0v) is 15.6. The normalized spacial score (nSPS) is 17.3. The zero-order valence-electron chi connectivity index (χ0n) is 15.6. The van der Waals surface area contributed by atoms with E-state index in [2.05, 4.69) is 64.8 Å². The fourth-order valence-electron chi connectivity index (χ4n) is 3.92. The summed E-state index contributed by atoms with van der Waals surface area (Å²) in [5, 5.41) is 18.2. The van der Waals surface area contributed by atoms with Crippen LogP contribution in [0.25, 0.3) is 0 Å². The molecule has 136 valence electrons. The number of benzene rings is 1. The lowest BCUT2D eigenvalue weighted by Gasteiger charge is -2.35. The Hall–Kier alpha value is -1.72. The summed E-state index contributed by atoms with van der Waals surface area (Å²) in [6.07, 6.45) is 4.33. The molecule has 0 saturated heterocycles. The number of hydrogen-bond acceptors (Lipinski definition) is 4. The lowest BCUT2D eigenvalue weighted by atomic mass is 9.86. The number of fused-ring (bicyclic) bond motifs is 1. The van der Waals surface area contributed by atoms with Gasteiger partial charge >= 0.3 is 0 Å². The molecule has 1 aliphatic carbocycles. The molecule has 5 nitrogen and oxygen atoms in total. The Labute approximate surface area is 150 Å². The summed E-state index contributed by atoms with van der Waals surface area (Å²) in [6, 6.07) is 9.19. The van der Waals surface area contributed by atoms with Crippen molar-refractivity contribution in [3.63, 3.8) is 0 Å². The number of aryl methyl sites for hydroxylation is 1. The van der Waals surface area contributed by atoms with Crippen molar-refractivity contribution >= 4 is 0 Å². The third-order valence-corrected chi connectivity index (χ3v) is 5.24. The van der Waals surface area contributed by atoms with Gasteiger partial charge < -0.3 is 9.67 Å². The molecule has 0 saturated carbocycles. The van der Waals surface area contributed by atoms with Gasteiger partial charge in [0, 0.05) is 32.2 Å². The number of rotatable bonds is 7. The van der Waals surface area contributed by atoms with Gasteiger partial charge in [0.05, 0.1) is 6.54 Å². The maximum Gasteiger partial charge on any atom is 0.146 e. The molecular formula is C20H30N4O. The molecule has 0 radical (unpaired) electrons. The van der Waals surface area contributed by atoms with Crippen LogP contribution >= 0.6 is 0 Å². The van der Waals surface area contributed by atoms with Gasteiger partial charge in [-0.1, -0.05) is 38.1 Å². The quantitative estimate of drug-likeness (QED) is 0.839. The van der Waals surface area contributed by atoms with Gasteiger partial charge in [0.1, 0.15) is 11.6 Å². The van der Waals surface area contributed by atoms with E-state index in [-0.39, 0.29) is 6.61 Å². The number of hydrogen-bond donors (Lipinski definition) is 1. The summed E-state index contributed by atoms with van der Waals surface area (Å²) in [5.41, 5.74) is 2.91. The van der Waals surface area contributed by atoms with E-state index in [0.29, 0.717) is 12.0 Å². The fraction of sp³-hybridized carbons (Fsp3) is 0.600. The molecule has 25 heavy (non-hydrogen) atoms. The lowest BCUT2D eigenvalue weighted by Crippen LogP contribution is -2.33. The molecular weight excluding hydrogens is 312 g/mol. The Morgan fingerprint density at radius 2 is 2.08 bits per heavy atom. The lowest BCUT2D eigenvalue weighted by molar-refractivity contribution is 0.147. The van der Waals surface area contributed by atoms with Crippen LogP contribution in [0.2, 0.25) is 0 Å². The smallest absolute Gasteiger partial charge is 0.146 e. The maximum atomic E-state index is 9.35. The van der Waals surface area contributed by atoms with Crippen LogP contribution in [-0.4, -0.2) is 37.9 Å². The summed E-state index contributed by atoms with van der Waals surface area (Å²) >= 11 is 0. The van der Waals surface area contributed by atoms with Gasteiger partial charge in [-0.15, -0.1) is 10.2 Å². The molecule has 2 aromatic rings. The zero-order chi connectivity index (χ0) is 17.8. The van der Waals surface area contributed by atoms with Crippen LogP contribution in [0.1, 0.15) is 67.8 Å². The molecule has 0 aliphatic heterocycles. The summed E-state index contributed by atoms with van der Waals surface area (Å²) in [5.74, 6) is 2.40. The first-order valence-electron chi connectivity index (χ1n) is 9.42. The van der Waals surface area contributed by atoms with Crippen LogP contribution < -0.4 is 0 Å². The summed E-state index contributed by atoms with van der Waals surface area (Å²) < 4.78 is 2.13. The van der Waals surface area contributed by atoms with E-state index >= 15 is 0 Å². The maximum absolute atomic E-state index is 9.35. The Morgan fingerprint density at radius 3 is 2.80 bits per heavy atom. The average Bonchev–Trinajstić information content (AvgIpc) is 2.99. The second-order valence-electron chi connectivity index (χ2n) is 7.34. The summed E-state index contributed by atoms with van der Waals surface area (Å²) in [6.45, 7) is 6.17. The molecule has 0 fully saturated rings. The van der Waals surface area contributed by atoms with Crippen molar-refractivity contribution in [3.05, 3.63) is 47.0 Å². The number of aliphatic hydroxyl groups excluding tert-OH is 1. The van der Waals surface area contributed by atoms with Crippen LogP contribution in [-0.2, 0) is 20.0 Å². The average molecular weight is 342 g/mol. The molecule has 1 aliphatic rings. The van der Waals surface area contributed by atoms with Crippen LogP contribution in [0.5, 0.6) is 0 Å². The van der Waals surface area contributed by atoms with Crippen molar-refractivity contribution in [2.24, 2.45) is 7.05 Å². The number of aliphatic hydroxyl groups is 1. The monoisotopic (exact) mass is 342 g/mol. The highest BCUT2D eigenvalue weighted by Gasteiger charge is 2.27. The molecule has 1 heterocycles. The first-order valence-corrected chi connectivity index (χ1v) is 9.42. The standard InChI is InChI=1S/C20H30N4O/c1-15(2)20-22-21-19(23(20)3)14-24(12-7-13-25)18-11-6-9-16-8-4-5-10-17(16)18/h4-5,8,10,15,18,25H,6-7,9,11-14H2,1-3H3. The first kappa shape index (κ1) is 18.1. The van der Waals surface area contributed by atoms with E-state index in [1.807, 2.05) is 0 Å². The van der Waals surface area contributed by atoms with E-state index < -0.39 is 0 Å². The van der Waals surface area contributed by atoms with E-state index in [9.17, 15) is 5.11 Å². The summed E-state index contributed by atoms with van der Waals surface area (Å²) in [4.78, 5) is 2.47. The Bertz CT molecular complexity index is 695. The fourth-order valence-corrected chi connectivity index (χ4v) is 3.92. The van der Waals surface area contributed by atoms with Crippen LogP contribution in [0, 0.1) is 0 Å². The second kappa shape index (κ2) is 8.11. The van der Waals surface area contributed by atoms with Gasteiger partial charge in [-0.05, 0) is 36.8 Å². The first-order chi connectivity index (χ1) is 12.1. The predicted molar refractivity (Wildman–Crippen MR) is 99.3 cm³/mol. The van der Waals surface area contributed by atoms with Gasteiger partial charge in [0.25, 0.3) is 0 Å². The molecule has 1 aromatic heterocycles. The van der Waals surface area contributed by atoms with E-state index in [0.717, 1.165) is 37.6 Å². The molecule has 1 atom stereocenters. The second-order valence-corrected chi connectivity index (χ2v) is 7.34. The number of aromatic nitrogens is 3. The molecule has 3 rings (SSSR count). The largest absolute Gasteiger partial charge is 0.396 e. The third-order valence-electron chi connectivity index (χ3n) is 5.24. The minimum absolute atomic E-state index is 0.223. The molecule has 1 aromatic carbocycles. The predicted octanol–water partition coefficient (Wildman–Crippen LogP) is 3.20. The van der Waals surface area contributed by atoms with Gasteiger partial charge in [-0.2, -0.15) is 0 Å². The topological polar surface area (TPSA) is 54.2 Å². The highest BCUT2D eigenvalue weighted by Crippen LogP contribution is 2.35. The van der Waals surface area contributed by atoms with Gasteiger partial charge in [0.2, 0.25) is 0 Å². The van der Waals surface area contributed by atoms with Crippen molar-refractivity contribution in [1.82, 2.24) is 19.7 Å².